The van der Waals surface area contributed by atoms with Gasteiger partial charge in [-0.05, 0) is 12.1 Å². The number of nitrogens with one attached hydrogen (secondary N) is 2. The molecule has 2 N–H and O–H groups in total. The van der Waals surface area contributed by atoms with Crippen LogP contribution < -0.4 is 5.32 Å². The second kappa shape index (κ2) is 5.32. The molecular weight excluding hydrogens is 238 g/mol. The van der Waals surface area contributed by atoms with Crippen LogP contribution in [0.1, 0.15) is 11.3 Å². The molecular formula is C11H10ClN5. The summed E-state index contributed by atoms with van der Waals surface area (Å²) < 4.78 is 0. The predicted octanol–water partition coefficient (Wildman–Crippen LogP) is 1.98. The third-order valence-corrected chi connectivity index (χ3v) is 2.37. The molecule has 2 heterocycles. The van der Waals surface area contributed by atoms with Crippen molar-refractivity contribution in [3.8, 4) is 6.07 Å². The number of aromatic amines is 1. The minimum absolute atomic E-state index is 0.313. The molecule has 0 saturated heterocycles. The van der Waals surface area contributed by atoms with Gasteiger partial charge in [-0.1, -0.05) is 11.6 Å². The molecule has 0 aromatic carbocycles. The van der Waals surface area contributed by atoms with Gasteiger partial charge in [0, 0.05) is 24.9 Å². The SMILES string of the molecule is N#Cc1cc(Cl)nc(NCCc2cnc[nH]2)c1. The first-order valence-electron chi connectivity index (χ1n) is 5.07. The molecule has 2 aromatic rings. The van der Waals surface area contributed by atoms with Crippen LogP contribution in [0.2, 0.25) is 5.15 Å². The summed E-state index contributed by atoms with van der Waals surface area (Å²) in [6, 6.07) is 5.23. The van der Waals surface area contributed by atoms with Crippen LogP contribution in [-0.4, -0.2) is 21.5 Å². The lowest BCUT2D eigenvalue weighted by Crippen LogP contribution is -2.06. The summed E-state index contributed by atoms with van der Waals surface area (Å²) in [5.41, 5.74) is 1.54. The molecule has 0 radical (unpaired) electrons. The normalized spacial score (nSPS) is 9.88. The van der Waals surface area contributed by atoms with Crippen LogP contribution in [0.3, 0.4) is 0 Å². The van der Waals surface area contributed by atoms with Crippen molar-refractivity contribution in [1.82, 2.24) is 15.0 Å². The number of hydrogen-bond donors (Lipinski definition) is 2. The molecule has 6 heteroatoms. The van der Waals surface area contributed by atoms with Crippen molar-refractivity contribution in [1.29, 1.82) is 5.26 Å². The summed E-state index contributed by atoms with van der Waals surface area (Å²) in [4.78, 5) is 11.0. The number of nitriles is 1. The summed E-state index contributed by atoms with van der Waals surface area (Å²) in [5.74, 6) is 0.605. The Morgan fingerprint density at radius 2 is 2.35 bits per heavy atom. The Kier molecular flexibility index (Phi) is 3.58. The van der Waals surface area contributed by atoms with Crippen LogP contribution in [0.25, 0.3) is 0 Å². The van der Waals surface area contributed by atoms with E-state index in [2.05, 4.69) is 20.3 Å². The highest BCUT2D eigenvalue weighted by molar-refractivity contribution is 6.29. The number of aromatic nitrogens is 3. The lowest BCUT2D eigenvalue weighted by atomic mass is 10.3. The monoisotopic (exact) mass is 247 g/mol. The van der Waals surface area contributed by atoms with Gasteiger partial charge < -0.3 is 10.3 Å². The van der Waals surface area contributed by atoms with Crippen molar-refractivity contribution >= 4 is 17.4 Å². The summed E-state index contributed by atoms with van der Waals surface area (Å²) >= 11 is 5.79. The average Bonchev–Trinajstić information content (AvgIpc) is 2.81. The first kappa shape index (κ1) is 11.4. The van der Waals surface area contributed by atoms with Crippen molar-refractivity contribution in [3.63, 3.8) is 0 Å². The Hall–Kier alpha value is -2.06. The minimum atomic E-state index is 0.313. The van der Waals surface area contributed by atoms with Crippen molar-refractivity contribution in [3.05, 3.63) is 41.1 Å². The number of hydrogen-bond acceptors (Lipinski definition) is 4. The zero-order valence-electron chi connectivity index (χ0n) is 8.94. The minimum Gasteiger partial charge on any atom is -0.370 e. The van der Waals surface area contributed by atoms with E-state index < -0.39 is 0 Å². The Balaban J connectivity index is 1.95. The molecule has 0 bridgehead atoms. The van der Waals surface area contributed by atoms with Gasteiger partial charge >= 0.3 is 0 Å². The quantitative estimate of drug-likeness (QED) is 0.810. The van der Waals surface area contributed by atoms with E-state index in [9.17, 15) is 0 Å². The highest BCUT2D eigenvalue weighted by Crippen LogP contribution is 2.13. The molecule has 2 aromatic heterocycles. The molecule has 2 rings (SSSR count). The smallest absolute Gasteiger partial charge is 0.132 e. The van der Waals surface area contributed by atoms with Gasteiger partial charge in [0.2, 0.25) is 0 Å². The summed E-state index contributed by atoms with van der Waals surface area (Å²) in [6.45, 7) is 0.695. The number of anilines is 1. The Bertz CT molecular complexity index is 529. The molecule has 17 heavy (non-hydrogen) atoms. The molecule has 0 aliphatic heterocycles. The maximum atomic E-state index is 8.78. The Morgan fingerprint density at radius 1 is 1.47 bits per heavy atom. The number of pyridine rings is 1. The molecule has 0 spiro atoms. The molecule has 0 fully saturated rings. The molecule has 5 nitrogen and oxygen atoms in total. The third kappa shape index (κ3) is 3.20. The van der Waals surface area contributed by atoms with E-state index in [1.54, 1.807) is 18.6 Å². The fraction of sp³-hybridized carbons (Fsp3) is 0.182. The number of rotatable bonds is 4. The number of H-pyrrole nitrogens is 1. The van der Waals surface area contributed by atoms with Gasteiger partial charge in [0.05, 0.1) is 18.0 Å². The van der Waals surface area contributed by atoms with Crippen LogP contribution in [0.15, 0.2) is 24.7 Å². The maximum absolute atomic E-state index is 8.78. The molecule has 86 valence electrons. The molecule has 0 aliphatic rings. The van der Waals surface area contributed by atoms with Gasteiger partial charge in [-0.25, -0.2) is 9.97 Å². The van der Waals surface area contributed by atoms with Crippen LogP contribution in [0, 0.1) is 11.3 Å². The van der Waals surface area contributed by atoms with Gasteiger partial charge in [0.15, 0.2) is 0 Å². The summed E-state index contributed by atoms with van der Waals surface area (Å²) in [6.07, 6.45) is 4.21. The van der Waals surface area contributed by atoms with Gasteiger partial charge in [-0.2, -0.15) is 5.26 Å². The van der Waals surface area contributed by atoms with E-state index in [0.717, 1.165) is 12.1 Å². The topological polar surface area (TPSA) is 77.4 Å². The van der Waals surface area contributed by atoms with Gasteiger partial charge in [-0.3, -0.25) is 0 Å². The standard InChI is InChI=1S/C11H10ClN5/c12-10-3-8(5-13)4-11(17-10)15-2-1-9-6-14-7-16-9/h3-4,6-7H,1-2H2,(H,14,16)(H,15,17). The highest BCUT2D eigenvalue weighted by atomic mass is 35.5. The number of nitrogens with zero attached hydrogens (tertiary/aromatic N) is 3. The lowest BCUT2D eigenvalue weighted by molar-refractivity contribution is 0.968. The largest absolute Gasteiger partial charge is 0.370 e. The van der Waals surface area contributed by atoms with Crippen LogP contribution >= 0.6 is 11.6 Å². The van der Waals surface area contributed by atoms with Gasteiger partial charge in [-0.15, -0.1) is 0 Å². The molecule has 0 aliphatic carbocycles. The average molecular weight is 248 g/mol. The van der Waals surface area contributed by atoms with Crippen LogP contribution in [0.5, 0.6) is 0 Å². The second-order valence-corrected chi connectivity index (χ2v) is 3.82. The van der Waals surface area contributed by atoms with E-state index in [1.807, 2.05) is 6.07 Å². The van der Waals surface area contributed by atoms with E-state index in [4.69, 9.17) is 16.9 Å². The third-order valence-electron chi connectivity index (χ3n) is 2.18. The molecule has 0 saturated carbocycles. The zero-order chi connectivity index (χ0) is 12.1. The summed E-state index contributed by atoms with van der Waals surface area (Å²) in [5, 5.41) is 12.2. The molecule has 0 amide bonds. The van der Waals surface area contributed by atoms with Crippen molar-refractivity contribution in [2.24, 2.45) is 0 Å². The Morgan fingerprint density at radius 3 is 3.06 bits per heavy atom. The van der Waals surface area contributed by atoms with Crippen molar-refractivity contribution in [2.45, 2.75) is 6.42 Å². The second-order valence-electron chi connectivity index (χ2n) is 3.43. The first-order chi connectivity index (χ1) is 8.28. The van der Waals surface area contributed by atoms with E-state index >= 15 is 0 Å². The fourth-order valence-corrected chi connectivity index (χ4v) is 1.61. The van der Waals surface area contributed by atoms with Crippen molar-refractivity contribution in [2.75, 3.05) is 11.9 Å². The van der Waals surface area contributed by atoms with Crippen molar-refractivity contribution < 1.29 is 0 Å². The van der Waals surface area contributed by atoms with Crippen LogP contribution in [-0.2, 0) is 6.42 Å². The number of imidazole rings is 1. The predicted molar refractivity (Wildman–Crippen MR) is 64.7 cm³/mol. The highest BCUT2D eigenvalue weighted by Gasteiger charge is 2.01. The fourth-order valence-electron chi connectivity index (χ4n) is 1.40. The molecule has 0 unspecified atom stereocenters. The molecule has 0 atom stereocenters. The number of halogens is 1. The Labute approximate surface area is 103 Å². The van der Waals surface area contributed by atoms with Gasteiger partial charge in [0.25, 0.3) is 0 Å². The summed E-state index contributed by atoms with van der Waals surface area (Å²) in [7, 11) is 0. The van der Waals surface area contributed by atoms with Crippen LogP contribution in [0.4, 0.5) is 5.82 Å². The first-order valence-corrected chi connectivity index (χ1v) is 5.44. The van der Waals surface area contributed by atoms with E-state index in [0.29, 0.717) is 23.1 Å². The van der Waals surface area contributed by atoms with E-state index in [-0.39, 0.29) is 0 Å². The van der Waals surface area contributed by atoms with Gasteiger partial charge in [0.1, 0.15) is 11.0 Å². The zero-order valence-corrected chi connectivity index (χ0v) is 9.70. The maximum Gasteiger partial charge on any atom is 0.132 e. The van der Waals surface area contributed by atoms with E-state index in [1.165, 1.54) is 6.07 Å². The lowest BCUT2D eigenvalue weighted by Gasteiger charge is -2.05.